The Morgan fingerprint density at radius 3 is 2.60 bits per heavy atom. The highest BCUT2D eigenvalue weighted by atomic mass is 127. The van der Waals surface area contributed by atoms with Crippen molar-refractivity contribution in [2.45, 2.75) is 78.0 Å². The van der Waals surface area contributed by atoms with Crippen molar-refractivity contribution in [3.8, 4) is 0 Å². The number of rotatable bonds is 6. The largest absolute Gasteiger partial charge is 0.444 e. The van der Waals surface area contributed by atoms with Gasteiger partial charge in [0.25, 0.3) is 0 Å². The Balaban J connectivity index is 0.00000450. The van der Waals surface area contributed by atoms with E-state index in [-0.39, 0.29) is 42.2 Å². The van der Waals surface area contributed by atoms with E-state index in [9.17, 15) is 4.79 Å². The van der Waals surface area contributed by atoms with Crippen molar-refractivity contribution in [1.29, 1.82) is 0 Å². The lowest BCUT2D eigenvalue weighted by Crippen LogP contribution is -2.54. The van der Waals surface area contributed by atoms with Crippen molar-refractivity contribution in [2.24, 2.45) is 4.99 Å². The molecule has 0 spiro atoms. The molecule has 0 radical (unpaired) electrons. The van der Waals surface area contributed by atoms with E-state index in [2.05, 4.69) is 20.7 Å². The summed E-state index contributed by atoms with van der Waals surface area (Å²) in [5, 5.41) is 10.8. The molecule has 2 N–H and O–H groups in total. The lowest BCUT2D eigenvalue weighted by molar-refractivity contribution is -0.0755. The number of hydrogen-bond acceptors (Lipinski definition) is 5. The van der Waals surface area contributed by atoms with E-state index in [1.54, 1.807) is 18.1 Å². The SMILES string of the molecule is CN=C(NCCCn1cccn1)NCC1C(C)OC(C)(C)N1C(=O)OC(C)(C)C.I. The summed E-state index contributed by atoms with van der Waals surface area (Å²) in [6.45, 7) is 13.4. The van der Waals surface area contributed by atoms with Crippen molar-refractivity contribution < 1.29 is 14.3 Å². The van der Waals surface area contributed by atoms with Gasteiger partial charge in [0.15, 0.2) is 5.96 Å². The fourth-order valence-corrected chi connectivity index (χ4v) is 3.43. The third-order valence-electron chi connectivity index (χ3n) is 4.64. The molecular weight excluding hydrogens is 499 g/mol. The Bertz CT molecular complexity index is 687. The van der Waals surface area contributed by atoms with Gasteiger partial charge in [-0.2, -0.15) is 5.10 Å². The van der Waals surface area contributed by atoms with Gasteiger partial charge in [-0.1, -0.05) is 0 Å². The van der Waals surface area contributed by atoms with Gasteiger partial charge in [-0.05, 0) is 54.0 Å². The van der Waals surface area contributed by atoms with Crippen LogP contribution < -0.4 is 10.6 Å². The monoisotopic (exact) mass is 536 g/mol. The van der Waals surface area contributed by atoms with Crippen LogP contribution in [0.4, 0.5) is 4.79 Å². The molecule has 0 aliphatic carbocycles. The first kappa shape index (κ1) is 26.5. The van der Waals surface area contributed by atoms with Crippen LogP contribution >= 0.6 is 24.0 Å². The van der Waals surface area contributed by atoms with Crippen molar-refractivity contribution in [2.75, 3.05) is 20.1 Å². The first-order valence-electron chi connectivity index (χ1n) is 10.2. The zero-order chi connectivity index (χ0) is 21.7. The second-order valence-corrected chi connectivity index (χ2v) is 8.69. The van der Waals surface area contributed by atoms with Crippen LogP contribution in [0.3, 0.4) is 0 Å². The summed E-state index contributed by atoms with van der Waals surface area (Å²) in [4.78, 5) is 18.8. The minimum absolute atomic E-state index is 0. The zero-order valence-corrected chi connectivity index (χ0v) is 21.5. The maximum absolute atomic E-state index is 12.8. The third-order valence-corrected chi connectivity index (χ3v) is 4.64. The summed E-state index contributed by atoms with van der Waals surface area (Å²) in [5.41, 5.74) is -1.31. The number of carbonyl (C=O) groups excluding carboxylic acids is 1. The van der Waals surface area contributed by atoms with Crippen LogP contribution in [0.15, 0.2) is 23.5 Å². The standard InChI is InChI=1S/C20H36N6O3.HI/c1-15-16(26(20(5,6)28-15)18(27)29-19(2,3)4)14-23-17(21-7)22-10-8-12-25-13-9-11-24-25;/h9,11,13,15-16H,8,10,12,14H2,1-7H3,(H2,21,22,23);1H. The minimum atomic E-state index is -0.741. The van der Waals surface area contributed by atoms with Crippen molar-refractivity contribution in [1.82, 2.24) is 25.3 Å². The second kappa shape index (κ2) is 11.2. The van der Waals surface area contributed by atoms with E-state index in [0.717, 1.165) is 19.5 Å². The predicted octanol–water partition coefficient (Wildman–Crippen LogP) is 2.82. The highest BCUT2D eigenvalue weighted by Gasteiger charge is 2.49. The van der Waals surface area contributed by atoms with E-state index in [4.69, 9.17) is 9.47 Å². The molecule has 2 rings (SSSR count). The summed E-state index contributed by atoms with van der Waals surface area (Å²) in [6, 6.07) is 1.74. The van der Waals surface area contributed by atoms with Crippen molar-refractivity contribution in [3.05, 3.63) is 18.5 Å². The predicted molar refractivity (Wildman–Crippen MR) is 128 cm³/mol. The van der Waals surface area contributed by atoms with Crippen molar-refractivity contribution in [3.63, 3.8) is 0 Å². The topological polar surface area (TPSA) is 93.0 Å². The smallest absolute Gasteiger partial charge is 0.412 e. The van der Waals surface area contributed by atoms with E-state index in [0.29, 0.717) is 12.5 Å². The number of aliphatic imine (C=N–C) groups is 1. The fraction of sp³-hybridized carbons (Fsp3) is 0.750. The molecule has 0 aromatic carbocycles. The molecule has 2 heterocycles. The van der Waals surface area contributed by atoms with Gasteiger partial charge >= 0.3 is 6.09 Å². The molecule has 1 saturated heterocycles. The normalized spacial score (nSPS) is 21.2. The number of amides is 1. The fourth-order valence-electron chi connectivity index (χ4n) is 3.43. The Hall–Kier alpha value is -1.56. The number of hydrogen-bond donors (Lipinski definition) is 2. The molecule has 1 aliphatic heterocycles. The molecule has 1 aromatic rings. The quantitative estimate of drug-likeness (QED) is 0.252. The number of nitrogens with zero attached hydrogens (tertiary/aromatic N) is 4. The summed E-state index contributed by atoms with van der Waals surface area (Å²) < 4.78 is 13.5. The van der Waals surface area contributed by atoms with Crippen LogP contribution in [-0.2, 0) is 16.0 Å². The highest BCUT2D eigenvalue weighted by Crippen LogP contribution is 2.33. The van der Waals surface area contributed by atoms with Crippen LogP contribution in [-0.4, -0.2) is 70.3 Å². The number of aromatic nitrogens is 2. The van der Waals surface area contributed by atoms with Crippen LogP contribution in [0.1, 0.15) is 48.0 Å². The van der Waals surface area contributed by atoms with Gasteiger partial charge < -0.3 is 20.1 Å². The number of carbonyl (C=O) groups is 1. The Morgan fingerprint density at radius 1 is 1.33 bits per heavy atom. The molecule has 0 saturated carbocycles. The molecule has 10 heteroatoms. The molecule has 1 aromatic heterocycles. The maximum Gasteiger partial charge on any atom is 0.412 e. The lowest BCUT2D eigenvalue weighted by Gasteiger charge is -2.35. The molecule has 30 heavy (non-hydrogen) atoms. The second-order valence-electron chi connectivity index (χ2n) is 8.69. The van der Waals surface area contributed by atoms with E-state index >= 15 is 0 Å². The zero-order valence-electron chi connectivity index (χ0n) is 19.1. The highest BCUT2D eigenvalue weighted by molar-refractivity contribution is 14.0. The maximum atomic E-state index is 12.8. The summed E-state index contributed by atoms with van der Waals surface area (Å²) in [6.07, 6.45) is 4.13. The van der Waals surface area contributed by atoms with Crippen LogP contribution in [0.5, 0.6) is 0 Å². The van der Waals surface area contributed by atoms with Gasteiger partial charge in [-0.3, -0.25) is 14.6 Å². The van der Waals surface area contributed by atoms with E-state index in [1.807, 2.05) is 58.5 Å². The van der Waals surface area contributed by atoms with E-state index in [1.165, 1.54) is 0 Å². The first-order chi connectivity index (χ1) is 13.5. The molecule has 2 atom stereocenters. The van der Waals surface area contributed by atoms with Gasteiger partial charge in [-0.15, -0.1) is 24.0 Å². The van der Waals surface area contributed by atoms with Crippen LogP contribution in [0, 0.1) is 0 Å². The molecule has 9 nitrogen and oxygen atoms in total. The van der Waals surface area contributed by atoms with Crippen LogP contribution in [0.25, 0.3) is 0 Å². The summed E-state index contributed by atoms with van der Waals surface area (Å²) in [7, 11) is 1.73. The number of nitrogens with one attached hydrogen (secondary N) is 2. The average Bonchev–Trinajstić information content (AvgIpc) is 3.18. The van der Waals surface area contributed by atoms with Crippen molar-refractivity contribution >= 4 is 36.0 Å². The molecular formula is C20H37IN6O3. The van der Waals surface area contributed by atoms with Gasteiger partial charge in [0.05, 0.1) is 12.1 Å². The third kappa shape index (κ3) is 7.60. The Labute approximate surface area is 197 Å². The average molecular weight is 536 g/mol. The van der Waals surface area contributed by atoms with Gasteiger partial charge in [0, 0.05) is 39.1 Å². The molecule has 2 unspecified atom stereocenters. The number of ether oxygens (including phenoxy) is 2. The number of aryl methyl sites for hydroxylation is 1. The molecule has 172 valence electrons. The lowest BCUT2D eigenvalue weighted by atomic mass is 10.1. The number of halogens is 1. The molecule has 1 fully saturated rings. The van der Waals surface area contributed by atoms with Crippen LogP contribution in [0.2, 0.25) is 0 Å². The van der Waals surface area contributed by atoms with E-state index < -0.39 is 11.3 Å². The number of guanidine groups is 1. The minimum Gasteiger partial charge on any atom is -0.444 e. The summed E-state index contributed by atoms with van der Waals surface area (Å²) in [5.74, 6) is 0.687. The first-order valence-corrected chi connectivity index (χ1v) is 10.2. The Morgan fingerprint density at radius 2 is 2.03 bits per heavy atom. The van der Waals surface area contributed by atoms with Gasteiger partial charge in [0.2, 0.25) is 0 Å². The Kier molecular flexibility index (Phi) is 9.86. The summed E-state index contributed by atoms with van der Waals surface area (Å²) >= 11 is 0. The molecule has 1 amide bonds. The van der Waals surface area contributed by atoms with Gasteiger partial charge in [-0.25, -0.2) is 4.79 Å². The molecule has 1 aliphatic rings. The van der Waals surface area contributed by atoms with Gasteiger partial charge in [0.1, 0.15) is 11.3 Å². The molecule has 0 bridgehead atoms.